The summed E-state index contributed by atoms with van der Waals surface area (Å²) in [5.41, 5.74) is 1.01. The first kappa shape index (κ1) is 11.6. The van der Waals surface area contributed by atoms with E-state index >= 15 is 0 Å². The summed E-state index contributed by atoms with van der Waals surface area (Å²) in [6.45, 7) is 0. The average molecular weight is 318 g/mol. The molecular formula is C11H6BrClO2S. The molecule has 1 aromatic carbocycles. The Hall–Kier alpha value is -0.840. The highest BCUT2D eigenvalue weighted by atomic mass is 79.9. The van der Waals surface area contributed by atoms with Crippen LogP contribution in [0.3, 0.4) is 0 Å². The van der Waals surface area contributed by atoms with Crippen LogP contribution in [0.5, 0.6) is 0 Å². The highest BCUT2D eigenvalue weighted by Crippen LogP contribution is 2.35. The minimum Gasteiger partial charge on any atom is -0.478 e. The van der Waals surface area contributed by atoms with E-state index in [1.165, 1.54) is 17.4 Å². The molecule has 0 saturated carbocycles. The second kappa shape index (κ2) is 4.57. The van der Waals surface area contributed by atoms with Crippen molar-refractivity contribution < 1.29 is 9.90 Å². The second-order valence-corrected chi connectivity index (χ2v) is 5.34. The molecule has 0 fully saturated rings. The maximum atomic E-state index is 10.9. The number of thiophene rings is 1. The summed E-state index contributed by atoms with van der Waals surface area (Å²) >= 11 is 10.8. The number of carboxylic acids is 1. The van der Waals surface area contributed by atoms with Crippen LogP contribution in [0.2, 0.25) is 5.02 Å². The van der Waals surface area contributed by atoms with Gasteiger partial charge in [-0.1, -0.05) is 11.6 Å². The van der Waals surface area contributed by atoms with E-state index in [1.807, 2.05) is 11.4 Å². The van der Waals surface area contributed by atoms with Crippen molar-refractivity contribution >= 4 is 44.8 Å². The first-order chi connectivity index (χ1) is 7.58. The number of aromatic carboxylic acids is 1. The molecule has 1 heterocycles. The van der Waals surface area contributed by atoms with Gasteiger partial charge in [0.15, 0.2) is 0 Å². The van der Waals surface area contributed by atoms with Crippen molar-refractivity contribution in [1.29, 1.82) is 0 Å². The summed E-state index contributed by atoms with van der Waals surface area (Å²) in [4.78, 5) is 11.9. The van der Waals surface area contributed by atoms with Gasteiger partial charge in [-0.2, -0.15) is 0 Å². The Labute approximate surface area is 110 Å². The highest BCUT2D eigenvalue weighted by molar-refractivity contribution is 9.10. The molecule has 0 aliphatic carbocycles. The first-order valence-corrected chi connectivity index (χ1v) is 6.40. The van der Waals surface area contributed by atoms with Crippen LogP contribution in [-0.2, 0) is 0 Å². The van der Waals surface area contributed by atoms with E-state index < -0.39 is 5.97 Å². The van der Waals surface area contributed by atoms with Gasteiger partial charge in [-0.3, -0.25) is 0 Å². The predicted molar refractivity (Wildman–Crippen MR) is 69.4 cm³/mol. The Balaban J connectivity index is 2.58. The first-order valence-electron chi connectivity index (χ1n) is 4.35. The molecule has 82 valence electrons. The molecule has 2 rings (SSSR count). The van der Waals surface area contributed by atoms with Crippen LogP contribution in [0.25, 0.3) is 10.4 Å². The third kappa shape index (κ3) is 2.29. The zero-order chi connectivity index (χ0) is 11.7. The van der Waals surface area contributed by atoms with Crippen LogP contribution in [0.4, 0.5) is 0 Å². The van der Waals surface area contributed by atoms with Gasteiger partial charge in [-0.15, -0.1) is 11.3 Å². The molecule has 2 aromatic rings. The predicted octanol–water partition coefficient (Wildman–Crippen LogP) is 4.53. The van der Waals surface area contributed by atoms with E-state index in [9.17, 15) is 4.79 Å². The van der Waals surface area contributed by atoms with Crippen LogP contribution >= 0.6 is 38.9 Å². The Morgan fingerprint density at radius 3 is 2.69 bits per heavy atom. The van der Waals surface area contributed by atoms with E-state index in [1.54, 1.807) is 12.1 Å². The number of benzene rings is 1. The molecule has 0 unspecified atom stereocenters. The summed E-state index contributed by atoms with van der Waals surface area (Å²) in [6.07, 6.45) is 0. The number of carbonyl (C=O) groups is 1. The maximum Gasteiger partial charge on any atom is 0.335 e. The molecule has 0 amide bonds. The van der Waals surface area contributed by atoms with Gasteiger partial charge >= 0.3 is 5.97 Å². The fraction of sp³-hybridized carbons (Fsp3) is 0. The van der Waals surface area contributed by atoms with E-state index in [2.05, 4.69) is 15.9 Å². The van der Waals surface area contributed by atoms with Crippen molar-refractivity contribution in [2.24, 2.45) is 0 Å². The van der Waals surface area contributed by atoms with Gasteiger partial charge in [0.05, 0.1) is 5.56 Å². The van der Waals surface area contributed by atoms with Crippen molar-refractivity contribution in [3.8, 4) is 10.4 Å². The number of carboxylic acid groups (broad SMARTS) is 1. The quantitative estimate of drug-likeness (QED) is 0.883. The fourth-order valence-corrected chi connectivity index (χ4v) is 3.17. The molecular weight excluding hydrogens is 312 g/mol. The van der Waals surface area contributed by atoms with E-state index in [4.69, 9.17) is 16.7 Å². The van der Waals surface area contributed by atoms with Crippen LogP contribution in [-0.4, -0.2) is 11.1 Å². The molecule has 1 aromatic heterocycles. The van der Waals surface area contributed by atoms with Gasteiger partial charge in [0.1, 0.15) is 0 Å². The monoisotopic (exact) mass is 316 g/mol. The lowest BCUT2D eigenvalue weighted by molar-refractivity contribution is 0.0697. The summed E-state index contributed by atoms with van der Waals surface area (Å²) in [6, 6.07) is 6.73. The summed E-state index contributed by atoms with van der Waals surface area (Å²) in [5.74, 6) is -0.976. The van der Waals surface area contributed by atoms with E-state index in [-0.39, 0.29) is 5.56 Å². The maximum absolute atomic E-state index is 10.9. The SMILES string of the molecule is O=C(O)c1cc(Cl)cc(-c2sccc2Br)c1. The molecule has 0 bridgehead atoms. The summed E-state index contributed by atoms with van der Waals surface area (Å²) in [7, 11) is 0. The summed E-state index contributed by atoms with van der Waals surface area (Å²) < 4.78 is 0.941. The Bertz CT molecular complexity index is 551. The lowest BCUT2D eigenvalue weighted by Crippen LogP contribution is -1.96. The topological polar surface area (TPSA) is 37.3 Å². The van der Waals surface area contributed by atoms with Crippen LogP contribution in [0.1, 0.15) is 10.4 Å². The molecule has 16 heavy (non-hydrogen) atoms. The van der Waals surface area contributed by atoms with Gasteiger partial charge in [0.2, 0.25) is 0 Å². The number of hydrogen-bond donors (Lipinski definition) is 1. The number of rotatable bonds is 2. The largest absolute Gasteiger partial charge is 0.478 e. The van der Waals surface area contributed by atoms with Crippen molar-refractivity contribution in [3.63, 3.8) is 0 Å². The summed E-state index contributed by atoms with van der Waals surface area (Å²) in [5, 5.41) is 11.3. The van der Waals surface area contributed by atoms with Crippen LogP contribution in [0, 0.1) is 0 Å². The molecule has 1 N–H and O–H groups in total. The minimum atomic E-state index is -0.976. The third-order valence-electron chi connectivity index (χ3n) is 2.02. The standard InChI is InChI=1S/C11H6BrClO2S/c12-9-1-2-16-10(9)6-3-7(11(14)15)5-8(13)4-6/h1-5H,(H,14,15). The molecule has 5 heteroatoms. The molecule has 0 aliphatic rings. The molecule has 0 saturated heterocycles. The third-order valence-corrected chi connectivity index (χ3v) is 4.13. The average Bonchev–Trinajstić information content (AvgIpc) is 2.63. The fourth-order valence-electron chi connectivity index (χ4n) is 1.34. The highest BCUT2D eigenvalue weighted by Gasteiger charge is 2.10. The second-order valence-electron chi connectivity index (χ2n) is 3.13. The molecule has 2 nitrogen and oxygen atoms in total. The van der Waals surface area contributed by atoms with Gasteiger partial charge in [-0.05, 0) is 51.1 Å². The van der Waals surface area contributed by atoms with Crippen molar-refractivity contribution in [2.45, 2.75) is 0 Å². The zero-order valence-electron chi connectivity index (χ0n) is 7.91. The normalized spacial score (nSPS) is 10.4. The minimum absolute atomic E-state index is 0.197. The Kier molecular flexibility index (Phi) is 3.33. The van der Waals surface area contributed by atoms with Gasteiger partial charge in [-0.25, -0.2) is 4.79 Å². The van der Waals surface area contributed by atoms with Crippen molar-refractivity contribution in [1.82, 2.24) is 0 Å². The lowest BCUT2D eigenvalue weighted by Gasteiger charge is -2.02. The zero-order valence-corrected chi connectivity index (χ0v) is 11.1. The number of halogens is 2. The lowest BCUT2D eigenvalue weighted by atomic mass is 10.1. The van der Waals surface area contributed by atoms with Gasteiger partial charge in [0, 0.05) is 14.4 Å². The Morgan fingerprint density at radius 1 is 1.38 bits per heavy atom. The smallest absolute Gasteiger partial charge is 0.335 e. The van der Waals surface area contributed by atoms with Gasteiger partial charge in [0.25, 0.3) is 0 Å². The molecule has 0 atom stereocenters. The molecule has 0 radical (unpaired) electrons. The molecule has 0 aliphatic heterocycles. The Morgan fingerprint density at radius 2 is 2.12 bits per heavy atom. The molecule has 0 spiro atoms. The number of hydrogen-bond acceptors (Lipinski definition) is 2. The van der Waals surface area contributed by atoms with Crippen molar-refractivity contribution in [3.05, 3.63) is 44.7 Å². The van der Waals surface area contributed by atoms with E-state index in [0.717, 1.165) is 14.9 Å². The van der Waals surface area contributed by atoms with Crippen LogP contribution in [0.15, 0.2) is 34.1 Å². The van der Waals surface area contributed by atoms with Crippen molar-refractivity contribution in [2.75, 3.05) is 0 Å². The van der Waals surface area contributed by atoms with Gasteiger partial charge < -0.3 is 5.11 Å². The van der Waals surface area contributed by atoms with E-state index in [0.29, 0.717) is 5.02 Å². The van der Waals surface area contributed by atoms with Crippen LogP contribution < -0.4 is 0 Å².